The van der Waals surface area contributed by atoms with Crippen LogP contribution in [-0.2, 0) is 9.84 Å². The second-order valence-electron chi connectivity index (χ2n) is 4.59. The molecule has 1 N–H and O–H groups in total. The van der Waals surface area contributed by atoms with Gasteiger partial charge in [-0.15, -0.1) is 0 Å². The molecule has 0 aliphatic carbocycles. The van der Waals surface area contributed by atoms with Gasteiger partial charge in [0, 0.05) is 18.4 Å². The minimum atomic E-state index is -3.73. The lowest BCUT2D eigenvalue weighted by Crippen LogP contribution is -2.04. The Bertz CT molecular complexity index is 872. The first-order valence-electron chi connectivity index (χ1n) is 6.18. The van der Waals surface area contributed by atoms with Crippen LogP contribution in [0.1, 0.15) is 10.4 Å². The van der Waals surface area contributed by atoms with E-state index in [9.17, 15) is 23.3 Å². The Morgan fingerprint density at radius 2 is 1.78 bits per heavy atom. The van der Waals surface area contributed by atoms with Gasteiger partial charge in [-0.25, -0.2) is 13.2 Å². The highest BCUT2D eigenvalue weighted by Gasteiger charge is 2.18. The Balaban J connectivity index is 2.43. The Labute approximate surface area is 131 Å². The van der Waals surface area contributed by atoms with Gasteiger partial charge in [-0.2, -0.15) is 0 Å². The van der Waals surface area contributed by atoms with Crippen LogP contribution in [0.3, 0.4) is 0 Å². The van der Waals surface area contributed by atoms with Crippen LogP contribution in [-0.4, -0.2) is 30.7 Å². The molecule has 0 heterocycles. The fourth-order valence-corrected chi connectivity index (χ4v) is 2.59. The summed E-state index contributed by atoms with van der Waals surface area (Å²) in [4.78, 5) is 20.7. The Morgan fingerprint density at radius 3 is 2.26 bits per heavy atom. The average molecular weight is 337 g/mol. The molecule has 0 amide bonds. The van der Waals surface area contributed by atoms with Gasteiger partial charge in [-0.1, -0.05) is 0 Å². The van der Waals surface area contributed by atoms with Crippen LogP contribution in [0.15, 0.2) is 47.4 Å². The molecular weight excluding hydrogens is 326 g/mol. The summed E-state index contributed by atoms with van der Waals surface area (Å²) in [5.74, 6) is -1.15. The van der Waals surface area contributed by atoms with Crippen molar-refractivity contribution in [2.45, 2.75) is 4.90 Å². The minimum Gasteiger partial charge on any atom is -0.478 e. The number of ether oxygens (including phenoxy) is 1. The van der Waals surface area contributed by atoms with Gasteiger partial charge < -0.3 is 9.84 Å². The molecule has 0 aliphatic rings. The number of carbonyl (C=O) groups is 1. The minimum absolute atomic E-state index is 0.0636. The van der Waals surface area contributed by atoms with Gasteiger partial charge in [0.2, 0.25) is 0 Å². The van der Waals surface area contributed by atoms with Gasteiger partial charge in [0.25, 0.3) is 5.69 Å². The van der Waals surface area contributed by atoms with E-state index in [0.717, 1.165) is 12.3 Å². The third-order valence-electron chi connectivity index (χ3n) is 2.87. The summed E-state index contributed by atoms with van der Waals surface area (Å²) >= 11 is 0. The largest absolute Gasteiger partial charge is 0.478 e. The molecule has 23 heavy (non-hydrogen) atoms. The lowest BCUT2D eigenvalue weighted by Gasteiger charge is -2.10. The summed E-state index contributed by atoms with van der Waals surface area (Å²) in [6.07, 6.45) is 0.927. The Kier molecular flexibility index (Phi) is 4.32. The lowest BCUT2D eigenvalue weighted by molar-refractivity contribution is -0.384. The van der Waals surface area contributed by atoms with E-state index in [-0.39, 0.29) is 27.6 Å². The summed E-state index contributed by atoms with van der Waals surface area (Å²) in [5.41, 5.74) is -0.330. The van der Waals surface area contributed by atoms with E-state index in [1.54, 1.807) is 0 Å². The number of sulfone groups is 1. The van der Waals surface area contributed by atoms with Gasteiger partial charge >= 0.3 is 5.97 Å². The van der Waals surface area contributed by atoms with Gasteiger partial charge in [0.1, 0.15) is 16.4 Å². The summed E-state index contributed by atoms with van der Waals surface area (Å²) < 4.78 is 29.0. The summed E-state index contributed by atoms with van der Waals surface area (Å²) in [6, 6.07) is 8.48. The number of carboxylic acids is 1. The SMILES string of the molecule is CS(=O)(=O)c1cc(C(=O)O)ccc1Oc1ccc([N+](=O)[O-])cc1. The van der Waals surface area contributed by atoms with Crippen molar-refractivity contribution in [3.63, 3.8) is 0 Å². The normalized spacial score (nSPS) is 11.0. The van der Waals surface area contributed by atoms with Crippen LogP contribution in [0.4, 0.5) is 5.69 Å². The maximum atomic E-state index is 11.8. The zero-order valence-electron chi connectivity index (χ0n) is 11.8. The van der Waals surface area contributed by atoms with E-state index < -0.39 is 20.7 Å². The first-order valence-corrected chi connectivity index (χ1v) is 8.07. The smallest absolute Gasteiger partial charge is 0.335 e. The van der Waals surface area contributed by atoms with Crippen molar-refractivity contribution in [3.8, 4) is 11.5 Å². The number of carboxylic acid groups (broad SMARTS) is 1. The highest BCUT2D eigenvalue weighted by atomic mass is 32.2. The second-order valence-corrected chi connectivity index (χ2v) is 6.58. The van der Waals surface area contributed by atoms with Crippen LogP contribution in [0.2, 0.25) is 0 Å². The molecule has 0 bridgehead atoms. The highest BCUT2D eigenvalue weighted by Crippen LogP contribution is 2.30. The third-order valence-corrected chi connectivity index (χ3v) is 3.98. The van der Waals surface area contributed by atoms with Crippen LogP contribution < -0.4 is 4.74 Å². The van der Waals surface area contributed by atoms with Crippen molar-refractivity contribution < 1.29 is 28.0 Å². The highest BCUT2D eigenvalue weighted by molar-refractivity contribution is 7.90. The summed E-state index contributed by atoms with van der Waals surface area (Å²) in [6.45, 7) is 0. The zero-order chi connectivity index (χ0) is 17.2. The van der Waals surface area contributed by atoms with Gasteiger partial charge in [0.15, 0.2) is 9.84 Å². The average Bonchev–Trinajstić information content (AvgIpc) is 2.46. The van der Waals surface area contributed by atoms with Gasteiger partial charge in [-0.3, -0.25) is 10.1 Å². The molecule has 0 spiro atoms. The molecule has 0 unspecified atom stereocenters. The van der Waals surface area contributed by atoms with Crippen molar-refractivity contribution in [1.82, 2.24) is 0 Å². The fourth-order valence-electron chi connectivity index (χ4n) is 1.78. The van der Waals surface area contributed by atoms with E-state index in [1.807, 2.05) is 0 Å². The molecule has 2 aromatic carbocycles. The molecule has 0 aliphatic heterocycles. The van der Waals surface area contributed by atoms with E-state index in [4.69, 9.17) is 9.84 Å². The number of hydrogen-bond donors (Lipinski definition) is 1. The van der Waals surface area contributed by atoms with Crippen LogP contribution in [0.5, 0.6) is 11.5 Å². The second kappa shape index (κ2) is 6.05. The maximum absolute atomic E-state index is 11.8. The molecule has 2 rings (SSSR count). The molecule has 0 atom stereocenters. The lowest BCUT2D eigenvalue weighted by atomic mass is 10.2. The first kappa shape index (κ1) is 16.4. The van der Waals surface area contributed by atoms with Crippen LogP contribution >= 0.6 is 0 Å². The molecule has 8 nitrogen and oxygen atoms in total. The standard InChI is InChI=1S/C14H11NO7S/c1-23(20,21)13-8-9(14(16)17)2-7-12(13)22-11-5-3-10(4-6-11)15(18)19/h2-8H,1H3,(H,16,17). The molecule has 0 fully saturated rings. The number of rotatable bonds is 5. The zero-order valence-corrected chi connectivity index (χ0v) is 12.6. The molecule has 0 radical (unpaired) electrons. The monoisotopic (exact) mass is 337 g/mol. The Morgan fingerprint density at radius 1 is 1.17 bits per heavy atom. The van der Waals surface area contributed by atoms with E-state index in [1.165, 1.54) is 36.4 Å². The van der Waals surface area contributed by atoms with Crippen molar-refractivity contribution in [3.05, 3.63) is 58.1 Å². The topological polar surface area (TPSA) is 124 Å². The van der Waals surface area contributed by atoms with E-state index in [0.29, 0.717) is 0 Å². The summed E-state index contributed by atoms with van der Waals surface area (Å²) in [7, 11) is -3.73. The Hall–Kier alpha value is -2.94. The maximum Gasteiger partial charge on any atom is 0.335 e. The molecule has 2 aromatic rings. The molecule has 120 valence electrons. The van der Waals surface area contributed by atoms with Gasteiger partial charge in [-0.05, 0) is 30.3 Å². The molecule has 0 saturated carbocycles. The number of nitro groups is 1. The number of benzene rings is 2. The van der Waals surface area contributed by atoms with E-state index >= 15 is 0 Å². The quantitative estimate of drug-likeness (QED) is 0.656. The molecular formula is C14H11NO7S. The third kappa shape index (κ3) is 3.83. The number of nitro benzene ring substituents is 1. The number of hydrogen-bond acceptors (Lipinski definition) is 6. The first-order chi connectivity index (χ1) is 10.7. The molecule has 0 aromatic heterocycles. The van der Waals surface area contributed by atoms with E-state index in [2.05, 4.69) is 0 Å². The molecule has 9 heteroatoms. The number of non-ortho nitro benzene ring substituents is 1. The predicted molar refractivity (Wildman–Crippen MR) is 79.7 cm³/mol. The van der Waals surface area contributed by atoms with Crippen molar-refractivity contribution >= 4 is 21.5 Å². The van der Waals surface area contributed by atoms with Crippen molar-refractivity contribution in [2.24, 2.45) is 0 Å². The number of nitrogens with zero attached hydrogens (tertiary/aromatic N) is 1. The number of aromatic carboxylic acids is 1. The molecule has 0 saturated heterocycles. The summed E-state index contributed by atoms with van der Waals surface area (Å²) in [5, 5.41) is 19.5. The van der Waals surface area contributed by atoms with Crippen LogP contribution in [0, 0.1) is 10.1 Å². The van der Waals surface area contributed by atoms with Crippen molar-refractivity contribution in [1.29, 1.82) is 0 Å². The fraction of sp³-hybridized carbons (Fsp3) is 0.0714. The van der Waals surface area contributed by atoms with Gasteiger partial charge in [0.05, 0.1) is 10.5 Å². The van der Waals surface area contributed by atoms with Crippen molar-refractivity contribution in [2.75, 3.05) is 6.26 Å². The predicted octanol–water partition coefficient (Wildman–Crippen LogP) is 2.49. The van der Waals surface area contributed by atoms with Crippen LogP contribution in [0.25, 0.3) is 0 Å².